The number of hydrogen-bond acceptors (Lipinski definition) is 2. The third-order valence-corrected chi connectivity index (χ3v) is 4.78. The first-order valence-corrected chi connectivity index (χ1v) is 8.69. The second-order valence-corrected chi connectivity index (χ2v) is 6.63. The van der Waals surface area contributed by atoms with Crippen LogP contribution in [0.25, 0.3) is 0 Å². The van der Waals surface area contributed by atoms with Crippen LogP contribution >= 0.6 is 15.9 Å². The lowest BCUT2D eigenvalue weighted by Gasteiger charge is -2.34. The summed E-state index contributed by atoms with van der Waals surface area (Å²) in [5.41, 5.74) is 1.31. The molecule has 1 aliphatic heterocycles. The van der Waals surface area contributed by atoms with Gasteiger partial charge in [0.2, 0.25) is 5.91 Å². The highest BCUT2D eigenvalue weighted by molar-refractivity contribution is 9.10. The highest BCUT2D eigenvalue weighted by Crippen LogP contribution is 2.21. The molecule has 0 spiro atoms. The van der Waals surface area contributed by atoms with E-state index < -0.39 is 0 Å². The number of halogens is 1. The van der Waals surface area contributed by atoms with E-state index >= 15 is 0 Å². The Bertz CT molecular complexity index is 456. The van der Waals surface area contributed by atoms with E-state index in [1.165, 1.54) is 5.56 Å². The molecule has 0 saturated carbocycles. The van der Waals surface area contributed by atoms with Crippen molar-refractivity contribution in [3.8, 4) is 0 Å². The van der Waals surface area contributed by atoms with E-state index in [2.05, 4.69) is 58.9 Å². The molecule has 1 atom stereocenters. The van der Waals surface area contributed by atoms with Gasteiger partial charge in [0.25, 0.3) is 0 Å². The molecule has 0 N–H and O–H groups in total. The number of carbonyl (C=O) groups excluding carboxylic acids is 1. The molecule has 21 heavy (non-hydrogen) atoms. The predicted octanol–water partition coefficient (Wildman–Crippen LogP) is 3.53. The fraction of sp³-hybridized carbons (Fsp3) is 0.588. The summed E-state index contributed by atoms with van der Waals surface area (Å²) in [6.07, 6.45) is 2.15. The summed E-state index contributed by atoms with van der Waals surface area (Å²) in [7, 11) is 0. The average molecular weight is 353 g/mol. The number of piperidine rings is 1. The summed E-state index contributed by atoms with van der Waals surface area (Å²) in [5.74, 6) is 0.509. The van der Waals surface area contributed by atoms with Crippen molar-refractivity contribution in [2.24, 2.45) is 5.92 Å². The smallest absolute Gasteiger partial charge is 0.226 e. The molecular weight excluding hydrogens is 328 g/mol. The minimum absolute atomic E-state index is 0.175. The molecule has 1 aliphatic rings. The maximum absolute atomic E-state index is 12.5. The number of hydrogen-bond donors (Lipinski definition) is 0. The second kappa shape index (κ2) is 7.95. The first kappa shape index (κ1) is 16.5. The van der Waals surface area contributed by atoms with Crippen LogP contribution in [-0.2, 0) is 11.3 Å². The van der Waals surface area contributed by atoms with Gasteiger partial charge in [0.05, 0.1) is 5.92 Å². The Hall–Kier alpha value is -0.870. The largest absolute Gasteiger partial charge is 0.343 e. The van der Waals surface area contributed by atoms with Gasteiger partial charge in [0.15, 0.2) is 0 Å². The van der Waals surface area contributed by atoms with Crippen molar-refractivity contribution in [3.63, 3.8) is 0 Å². The fourth-order valence-corrected chi connectivity index (χ4v) is 3.31. The first-order valence-electron chi connectivity index (χ1n) is 7.89. The van der Waals surface area contributed by atoms with Gasteiger partial charge in [-0.05, 0) is 50.9 Å². The van der Waals surface area contributed by atoms with Crippen molar-refractivity contribution in [2.45, 2.75) is 33.2 Å². The fourth-order valence-electron chi connectivity index (χ4n) is 3.04. The van der Waals surface area contributed by atoms with Crippen molar-refractivity contribution < 1.29 is 4.79 Å². The van der Waals surface area contributed by atoms with E-state index in [0.29, 0.717) is 5.91 Å². The zero-order valence-corrected chi connectivity index (χ0v) is 14.6. The van der Waals surface area contributed by atoms with E-state index in [0.717, 1.165) is 50.0 Å². The van der Waals surface area contributed by atoms with Gasteiger partial charge in [-0.1, -0.05) is 28.1 Å². The summed E-state index contributed by atoms with van der Waals surface area (Å²) < 4.78 is 1.11. The number of nitrogens with zero attached hydrogens (tertiary/aromatic N) is 2. The third-order valence-electron chi connectivity index (χ3n) is 4.25. The van der Waals surface area contributed by atoms with Crippen LogP contribution in [0.3, 0.4) is 0 Å². The monoisotopic (exact) mass is 352 g/mol. The van der Waals surface area contributed by atoms with Crippen LogP contribution in [0.1, 0.15) is 32.3 Å². The van der Waals surface area contributed by atoms with E-state index in [9.17, 15) is 4.79 Å². The molecule has 1 amide bonds. The lowest BCUT2D eigenvalue weighted by molar-refractivity contribution is -0.137. The van der Waals surface area contributed by atoms with E-state index in [4.69, 9.17) is 0 Å². The van der Waals surface area contributed by atoms with Gasteiger partial charge in [0.1, 0.15) is 0 Å². The third kappa shape index (κ3) is 4.55. The van der Waals surface area contributed by atoms with Gasteiger partial charge in [-0.15, -0.1) is 0 Å². The number of rotatable bonds is 5. The molecule has 116 valence electrons. The Kier molecular flexibility index (Phi) is 6.24. The standard InChI is InChI=1S/C17H25BrN2O/c1-3-20(4-2)17(21)15-6-5-11-19(13-15)12-14-7-9-16(18)10-8-14/h7-10,15H,3-6,11-13H2,1-2H3/t15-/m1/s1. The van der Waals surface area contributed by atoms with Crippen molar-refractivity contribution in [1.82, 2.24) is 9.80 Å². The second-order valence-electron chi connectivity index (χ2n) is 5.71. The Morgan fingerprint density at radius 2 is 1.95 bits per heavy atom. The molecule has 1 aromatic carbocycles. The van der Waals surface area contributed by atoms with E-state index in [1.807, 2.05) is 4.90 Å². The van der Waals surface area contributed by atoms with Crippen molar-refractivity contribution >= 4 is 21.8 Å². The molecule has 1 aromatic rings. The van der Waals surface area contributed by atoms with Crippen LogP contribution in [0.4, 0.5) is 0 Å². The molecule has 0 bridgehead atoms. The maximum Gasteiger partial charge on any atom is 0.226 e. The van der Waals surface area contributed by atoms with E-state index in [-0.39, 0.29) is 5.92 Å². The molecule has 0 unspecified atom stereocenters. The molecular formula is C17H25BrN2O. The van der Waals surface area contributed by atoms with Crippen molar-refractivity contribution in [2.75, 3.05) is 26.2 Å². The van der Waals surface area contributed by atoms with Gasteiger partial charge in [-0.3, -0.25) is 9.69 Å². The Morgan fingerprint density at radius 3 is 2.57 bits per heavy atom. The number of benzene rings is 1. The van der Waals surface area contributed by atoms with Crippen LogP contribution in [0.2, 0.25) is 0 Å². The highest BCUT2D eigenvalue weighted by Gasteiger charge is 2.28. The van der Waals surface area contributed by atoms with Crippen LogP contribution in [0.5, 0.6) is 0 Å². The van der Waals surface area contributed by atoms with Crippen molar-refractivity contribution in [3.05, 3.63) is 34.3 Å². The van der Waals surface area contributed by atoms with Crippen LogP contribution < -0.4 is 0 Å². The summed E-state index contributed by atoms with van der Waals surface area (Å²) in [6, 6.07) is 8.47. The zero-order chi connectivity index (χ0) is 15.2. The number of amides is 1. The topological polar surface area (TPSA) is 23.6 Å². The predicted molar refractivity (Wildman–Crippen MR) is 90.1 cm³/mol. The first-order chi connectivity index (χ1) is 10.1. The zero-order valence-electron chi connectivity index (χ0n) is 13.0. The lowest BCUT2D eigenvalue weighted by atomic mass is 9.96. The Labute approximate surface area is 136 Å². The molecule has 0 aliphatic carbocycles. The van der Waals surface area contributed by atoms with Gasteiger partial charge < -0.3 is 4.90 Å². The molecule has 0 aromatic heterocycles. The normalized spacial score (nSPS) is 19.5. The van der Waals surface area contributed by atoms with Crippen LogP contribution in [0, 0.1) is 5.92 Å². The lowest BCUT2D eigenvalue weighted by Crippen LogP contribution is -2.44. The molecule has 4 heteroatoms. The van der Waals surface area contributed by atoms with Crippen molar-refractivity contribution in [1.29, 1.82) is 0 Å². The SMILES string of the molecule is CCN(CC)C(=O)[C@@H]1CCCN(Cc2ccc(Br)cc2)C1. The summed E-state index contributed by atoms with van der Waals surface area (Å²) >= 11 is 3.47. The van der Waals surface area contributed by atoms with Crippen LogP contribution in [-0.4, -0.2) is 41.9 Å². The maximum atomic E-state index is 12.5. The molecule has 2 rings (SSSR count). The Balaban J connectivity index is 1.94. The Morgan fingerprint density at radius 1 is 1.29 bits per heavy atom. The molecule has 3 nitrogen and oxygen atoms in total. The number of likely N-dealkylation sites (tertiary alicyclic amines) is 1. The van der Waals surface area contributed by atoms with Gasteiger partial charge in [-0.2, -0.15) is 0 Å². The molecule has 1 saturated heterocycles. The minimum Gasteiger partial charge on any atom is -0.343 e. The minimum atomic E-state index is 0.175. The summed E-state index contributed by atoms with van der Waals surface area (Å²) in [4.78, 5) is 16.9. The highest BCUT2D eigenvalue weighted by atomic mass is 79.9. The molecule has 1 fully saturated rings. The molecule has 0 radical (unpaired) electrons. The van der Waals surface area contributed by atoms with Crippen LogP contribution in [0.15, 0.2) is 28.7 Å². The van der Waals surface area contributed by atoms with Gasteiger partial charge in [-0.25, -0.2) is 0 Å². The average Bonchev–Trinajstić information content (AvgIpc) is 2.51. The summed E-state index contributed by atoms with van der Waals surface area (Å²) in [5, 5.41) is 0. The molecule has 1 heterocycles. The summed E-state index contributed by atoms with van der Waals surface area (Å²) in [6.45, 7) is 8.68. The quantitative estimate of drug-likeness (QED) is 0.809. The van der Waals surface area contributed by atoms with Gasteiger partial charge >= 0.3 is 0 Å². The van der Waals surface area contributed by atoms with E-state index in [1.54, 1.807) is 0 Å². The number of carbonyl (C=O) groups is 1. The van der Waals surface area contributed by atoms with Gasteiger partial charge in [0, 0.05) is 30.7 Å².